The predicted octanol–water partition coefficient (Wildman–Crippen LogP) is -0.195. The zero-order chi connectivity index (χ0) is 11.1. The van der Waals surface area contributed by atoms with Gasteiger partial charge in [0.15, 0.2) is 0 Å². The summed E-state index contributed by atoms with van der Waals surface area (Å²) in [6, 6.07) is 0. The van der Waals surface area contributed by atoms with Gasteiger partial charge in [0, 0.05) is 38.4 Å². The average molecular weight is 216 g/mol. The molecule has 0 aromatic heterocycles. The van der Waals surface area contributed by atoms with Crippen LogP contribution in [0, 0.1) is 0 Å². The van der Waals surface area contributed by atoms with Gasteiger partial charge in [-0.1, -0.05) is 0 Å². The van der Waals surface area contributed by atoms with E-state index in [0.29, 0.717) is 0 Å². The van der Waals surface area contributed by atoms with E-state index >= 15 is 0 Å². The van der Waals surface area contributed by atoms with Gasteiger partial charge in [-0.3, -0.25) is 4.90 Å². The number of hydrogen-bond acceptors (Lipinski definition) is 4. The number of rotatable bonds is 6. The molecule has 90 valence electrons. The number of aliphatic hydroxyl groups is 2. The van der Waals surface area contributed by atoms with Gasteiger partial charge in [-0.25, -0.2) is 0 Å². The molecule has 1 rings (SSSR count). The zero-order valence-electron chi connectivity index (χ0n) is 9.71. The Bertz CT molecular complexity index is 168. The Morgan fingerprint density at radius 2 is 1.80 bits per heavy atom. The first-order valence-corrected chi connectivity index (χ1v) is 5.89. The smallest absolute Gasteiger partial charge is 0.0431 e. The standard InChI is InChI=1S/C11H24N2O2/c1-13-7-6-12-10-11(13,4-2-8-14)5-3-9-15/h12,14-15H,2-10H2,1H3. The minimum absolute atomic E-state index is 0.143. The van der Waals surface area contributed by atoms with E-state index in [-0.39, 0.29) is 18.8 Å². The lowest BCUT2D eigenvalue weighted by atomic mass is 9.85. The van der Waals surface area contributed by atoms with Crippen molar-refractivity contribution in [1.82, 2.24) is 10.2 Å². The van der Waals surface area contributed by atoms with Crippen LogP contribution in [0.3, 0.4) is 0 Å². The van der Waals surface area contributed by atoms with Gasteiger partial charge in [-0.05, 0) is 32.7 Å². The summed E-state index contributed by atoms with van der Waals surface area (Å²) in [5.41, 5.74) is 0.143. The van der Waals surface area contributed by atoms with E-state index in [1.165, 1.54) is 0 Å². The minimum atomic E-state index is 0.143. The Morgan fingerprint density at radius 3 is 2.27 bits per heavy atom. The fourth-order valence-corrected chi connectivity index (χ4v) is 2.44. The summed E-state index contributed by atoms with van der Waals surface area (Å²) in [4.78, 5) is 2.38. The quantitative estimate of drug-likeness (QED) is 0.576. The number of aliphatic hydroxyl groups excluding tert-OH is 2. The van der Waals surface area contributed by atoms with Gasteiger partial charge >= 0.3 is 0 Å². The number of hydrogen-bond donors (Lipinski definition) is 3. The van der Waals surface area contributed by atoms with Crippen molar-refractivity contribution < 1.29 is 10.2 Å². The van der Waals surface area contributed by atoms with E-state index in [1.54, 1.807) is 0 Å². The highest BCUT2D eigenvalue weighted by molar-refractivity contribution is 4.94. The second kappa shape index (κ2) is 6.43. The summed E-state index contributed by atoms with van der Waals surface area (Å²) >= 11 is 0. The third-order valence-electron chi connectivity index (χ3n) is 3.49. The van der Waals surface area contributed by atoms with Gasteiger partial charge < -0.3 is 15.5 Å². The first-order chi connectivity index (χ1) is 7.25. The maximum atomic E-state index is 8.93. The highest BCUT2D eigenvalue weighted by atomic mass is 16.3. The van der Waals surface area contributed by atoms with Gasteiger partial charge in [0.25, 0.3) is 0 Å². The normalized spacial score (nSPS) is 21.8. The van der Waals surface area contributed by atoms with Crippen molar-refractivity contribution in [2.45, 2.75) is 31.2 Å². The molecule has 1 aliphatic heterocycles. The monoisotopic (exact) mass is 216 g/mol. The third-order valence-corrected chi connectivity index (χ3v) is 3.49. The third kappa shape index (κ3) is 3.41. The van der Waals surface area contributed by atoms with Crippen molar-refractivity contribution in [3.8, 4) is 0 Å². The van der Waals surface area contributed by atoms with E-state index < -0.39 is 0 Å². The Hall–Kier alpha value is -0.160. The number of likely N-dealkylation sites (N-methyl/N-ethyl adjacent to an activating group) is 1. The lowest BCUT2D eigenvalue weighted by molar-refractivity contribution is 0.0563. The first-order valence-electron chi connectivity index (χ1n) is 5.89. The number of nitrogens with zero attached hydrogens (tertiary/aromatic N) is 1. The second-order valence-electron chi connectivity index (χ2n) is 4.48. The van der Waals surface area contributed by atoms with Crippen molar-refractivity contribution in [3.05, 3.63) is 0 Å². The molecule has 1 fully saturated rings. The van der Waals surface area contributed by atoms with Crippen LogP contribution >= 0.6 is 0 Å². The van der Waals surface area contributed by atoms with Crippen LogP contribution in [0.15, 0.2) is 0 Å². The first kappa shape index (κ1) is 12.9. The number of piperazine rings is 1. The van der Waals surface area contributed by atoms with Crippen molar-refractivity contribution in [2.75, 3.05) is 39.9 Å². The maximum absolute atomic E-state index is 8.93. The summed E-state index contributed by atoms with van der Waals surface area (Å²) in [7, 11) is 2.15. The molecule has 15 heavy (non-hydrogen) atoms. The van der Waals surface area contributed by atoms with Crippen LogP contribution < -0.4 is 5.32 Å². The molecule has 0 aliphatic carbocycles. The molecule has 1 saturated heterocycles. The van der Waals surface area contributed by atoms with Crippen molar-refractivity contribution in [2.24, 2.45) is 0 Å². The molecule has 0 radical (unpaired) electrons. The summed E-state index contributed by atoms with van der Waals surface area (Å²) < 4.78 is 0. The van der Waals surface area contributed by atoms with Gasteiger partial charge in [-0.15, -0.1) is 0 Å². The van der Waals surface area contributed by atoms with Gasteiger partial charge in [0.05, 0.1) is 0 Å². The molecule has 0 saturated carbocycles. The number of nitrogens with one attached hydrogen (secondary N) is 1. The molecule has 4 heteroatoms. The summed E-state index contributed by atoms with van der Waals surface area (Å²) in [5, 5.41) is 21.3. The van der Waals surface area contributed by atoms with Crippen LogP contribution in [0.4, 0.5) is 0 Å². The van der Waals surface area contributed by atoms with Crippen molar-refractivity contribution in [1.29, 1.82) is 0 Å². The topological polar surface area (TPSA) is 55.7 Å². The van der Waals surface area contributed by atoms with Crippen LogP contribution in [0.25, 0.3) is 0 Å². The lowest BCUT2D eigenvalue weighted by Crippen LogP contribution is -2.59. The molecule has 1 aliphatic rings. The maximum Gasteiger partial charge on any atom is 0.0431 e. The van der Waals surface area contributed by atoms with Crippen molar-refractivity contribution in [3.63, 3.8) is 0 Å². The molecular formula is C11H24N2O2. The molecule has 0 unspecified atom stereocenters. The Morgan fingerprint density at radius 1 is 1.20 bits per heavy atom. The molecule has 0 atom stereocenters. The SMILES string of the molecule is CN1CCNCC1(CCCO)CCCO. The Kier molecular flexibility index (Phi) is 5.53. The highest BCUT2D eigenvalue weighted by Gasteiger charge is 2.35. The molecule has 0 bridgehead atoms. The van der Waals surface area contributed by atoms with Crippen LogP contribution in [0.2, 0.25) is 0 Å². The van der Waals surface area contributed by atoms with E-state index in [0.717, 1.165) is 45.3 Å². The molecule has 0 amide bonds. The molecular weight excluding hydrogens is 192 g/mol. The lowest BCUT2D eigenvalue weighted by Gasteiger charge is -2.46. The molecule has 4 nitrogen and oxygen atoms in total. The van der Waals surface area contributed by atoms with Gasteiger partial charge in [-0.2, -0.15) is 0 Å². The molecule has 0 spiro atoms. The Labute approximate surface area is 92.3 Å². The molecule has 1 heterocycles. The Balaban J connectivity index is 2.55. The van der Waals surface area contributed by atoms with Gasteiger partial charge in [0.2, 0.25) is 0 Å². The minimum Gasteiger partial charge on any atom is -0.396 e. The van der Waals surface area contributed by atoms with E-state index in [1.807, 2.05) is 0 Å². The van der Waals surface area contributed by atoms with Crippen LogP contribution in [0.1, 0.15) is 25.7 Å². The molecule has 0 aromatic rings. The van der Waals surface area contributed by atoms with Gasteiger partial charge in [0.1, 0.15) is 0 Å². The fourth-order valence-electron chi connectivity index (χ4n) is 2.44. The molecule has 0 aromatic carbocycles. The van der Waals surface area contributed by atoms with E-state index in [2.05, 4.69) is 17.3 Å². The van der Waals surface area contributed by atoms with E-state index in [9.17, 15) is 0 Å². The van der Waals surface area contributed by atoms with E-state index in [4.69, 9.17) is 10.2 Å². The van der Waals surface area contributed by atoms with Crippen LogP contribution in [-0.4, -0.2) is 60.5 Å². The summed E-state index contributed by atoms with van der Waals surface area (Å²) in [6.45, 7) is 3.58. The summed E-state index contributed by atoms with van der Waals surface area (Å²) in [6.07, 6.45) is 3.70. The van der Waals surface area contributed by atoms with Crippen LogP contribution in [-0.2, 0) is 0 Å². The van der Waals surface area contributed by atoms with Crippen LogP contribution in [0.5, 0.6) is 0 Å². The zero-order valence-corrected chi connectivity index (χ0v) is 9.71. The molecule has 3 N–H and O–H groups in total. The average Bonchev–Trinajstić information content (AvgIpc) is 2.27. The largest absolute Gasteiger partial charge is 0.396 e. The fraction of sp³-hybridized carbons (Fsp3) is 1.00. The highest BCUT2D eigenvalue weighted by Crippen LogP contribution is 2.27. The predicted molar refractivity (Wildman–Crippen MR) is 60.9 cm³/mol. The van der Waals surface area contributed by atoms with Crippen molar-refractivity contribution >= 4 is 0 Å². The summed E-state index contributed by atoms with van der Waals surface area (Å²) in [5.74, 6) is 0. The second-order valence-corrected chi connectivity index (χ2v) is 4.48.